The number of nitrogens with one attached hydrogen (secondary N) is 1. The molecule has 0 aliphatic rings. The van der Waals surface area contributed by atoms with E-state index in [1.54, 1.807) is 6.20 Å². The highest BCUT2D eigenvalue weighted by molar-refractivity contribution is 5.96. The van der Waals surface area contributed by atoms with Crippen LogP contribution in [-0.2, 0) is 16.0 Å². The molecule has 0 unspecified atom stereocenters. The van der Waals surface area contributed by atoms with Gasteiger partial charge in [-0.05, 0) is 36.4 Å². The Morgan fingerprint density at radius 2 is 1.81 bits per heavy atom. The third-order valence-corrected chi connectivity index (χ3v) is 3.81. The summed E-state index contributed by atoms with van der Waals surface area (Å²) in [5.74, 6) is -1.55. The van der Waals surface area contributed by atoms with Crippen molar-refractivity contribution in [1.82, 2.24) is 15.3 Å². The average molecular weight is 353 g/mol. The first-order valence-corrected chi connectivity index (χ1v) is 7.92. The minimum absolute atomic E-state index is 0.122. The summed E-state index contributed by atoms with van der Waals surface area (Å²) in [4.78, 5) is 33.1. The molecule has 0 saturated heterocycles. The number of methoxy groups -OCH3 is 1. The van der Waals surface area contributed by atoms with Crippen LogP contribution >= 0.6 is 0 Å². The van der Waals surface area contributed by atoms with Crippen molar-refractivity contribution < 1.29 is 18.7 Å². The number of ether oxygens (including phenoxy) is 1. The fourth-order valence-corrected chi connectivity index (χ4v) is 2.48. The third kappa shape index (κ3) is 4.00. The molecule has 6 nitrogen and oxygen atoms in total. The van der Waals surface area contributed by atoms with Crippen LogP contribution in [0, 0.1) is 5.82 Å². The van der Waals surface area contributed by atoms with Crippen molar-refractivity contribution in [3.05, 3.63) is 71.8 Å². The van der Waals surface area contributed by atoms with Gasteiger partial charge in [0.2, 0.25) is 0 Å². The van der Waals surface area contributed by atoms with E-state index in [1.807, 2.05) is 24.3 Å². The maximum atomic E-state index is 13.0. The van der Waals surface area contributed by atoms with Gasteiger partial charge in [-0.3, -0.25) is 9.78 Å². The first-order valence-electron chi connectivity index (χ1n) is 7.92. The maximum absolute atomic E-state index is 13.0. The van der Waals surface area contributed by atoms with Crippen LogP contribution in [0.1, 0.15) is 16.1 Å². The Morgan fingerprint density at radius 1 is 1.12 bits per heavy atom. The van der Waals surface area contributed by atoms with Gasteiger partial charge in [0, 0.05) is 18.2 Å². The maximum Gasteiger partial charge on any atom is 0.328 e. The van der Waals surface area contributed by atoms with E-state index < -0.39 is 23.7 Å². The molecule has 2 aromatic carbocycles. The van der Waals surface area contributed by atoms with Crippen molar-refractivity contribution in [2.45, 2.75) is 12.5 Å². The second-order valence-corrected chi connectivity index (χ2v) is 5.61. The molecule has 0 fully saturated rings. The highest BCUT2D eigenvalue weighted by Crippen LogP contribution is 2.11. The molecule has 0 aliphatic carbocycles. The normalized spacial score (nSPS) is 11.8. The minimum Gasteiger partial charge on any atom is -0.467 e. The number of rotatable bonds is 5. The number of carbonyl (C=O) groups is 2. The summed E-state index contributed by atoms with van der Waals surface area (Å²) in [5.41, 5.74) is 2.21. The number of hydrogen-bond donors (Lipinski definition) is 1. The highest BCUT2D eigenvalue weighted by Gasteiger charge is 2.23. The van der Waals surface area contributed by atoms with Crippen LogP contribution in [0.5, 0.6) is 0 Å². The van der Waals surface area contributed by atoms with Gasteiger partial charge in [0.1, 0.15) is 11.9 Å². The summed E-state index contributed by atoms with van der Waals surface area (Å²) in [6.45, 7) is 0. The summed E-state index contributed by atoms with van der Waals surface area (Å²) in [6.07, 6.45) is 1.68. The second kappa shape index (κ2) is 7.69. The molecule has 0 radical (unpaired) electrons. The number of amides is 1. The Kier molecular flexibility index (Phi) is 5.17. The molecule has 26 heavy (non-hydrogen) atoms. The van der Waals surface area contributed by atoms with Crippen molar-refractivity contribution in [3.63, 3.8) is 0 Å². The van der Waals surface area contributed by atoms with Crippen LogP contribution in [0.25, 0.3) is 11.0 Å². The van der Waals surface area contributed by atoms with Gasteiger partial charge in [-0.25, -0.2) is 14.2 Å². The Bertz CT molecular complexity index is 944. The van der Waals surface area contributed by atoms with Gasteiger partial charge in [-0.1, -0.05) is 12.1 Å². The number of aromatic nitrogens is 2. The van der Waals surface area contributed by atoms with E-state index in [9.17, 15) is 14.0 Å². The van der Waals surface area contributed by atoms with E-state index >= 15 is 0 Å². The fourth-order valence-electron chi connectivity index (χ4n) is 2.48. The zero-order valence-electron chi connectivity index (χ0n) is 14.0. The summed E-state index contributed by atoms with van der Waals surface area (Å²) >= 11 is 0. The SMILES string of the molecule is COC(=O)[C@H](Cc1cnc2ccccc2n1)NC(=O)c1ccc(F)cc1. The van der Waals surface area contributed by atoms with Gasteiger partial charge in [0.25, 0.3) is 5.91 Å². The van der Waals surface area contributed by atoms with Crippen LogP contribution in [-0.4, -0.2) is 35.0 Å². The lowest BCUT2D eigenvalue weighted by atomic mass is 10.1. The molecule has 3 rings (SSSR count). The van der Waals surface area contributed by atoms with Crippen molar-refractivity contribution >= 4 is 22.9 Å². The minimum atomic E-state index is -0.937. The fraction of sp³-hybridized carbons (Fsp3) is 0.158. The van der Waals surface area contributed by atoms with E-state index in [0.717, 1.165) is 5.52 Å². The summed E-state index contributed by atoms with van der Waals surface area (Å²) < 4.78 is 17.8. The van der Waals surface area contributed by atoms with Crippen molar-refractivity contribution in [3.8, 4) is 0 Å². The lowest BCUT2D eigenvalue weighted by Crippen LogP contribution is -2.43. The largest absolute Gasteiger partial charge is 0.467 e. The quantitative estimate of drug-likeness (QED) is 0.712. The van der Waals surface area contributed by atoms with Gasteiger partial charge < -0.3 is 10.1 Å². The number of carbonyl (C=O) groups excluding carboxylic acids is 2. The zero-order valence-corrected chi connectivity index (χ0v) is 14.0. The number of benzene rings is 2. The van der Waals surface area contributed by atoms with E-state index in [1.165, 1.54) is 31.4 Å². The van der Waals surface area contributed by atoms with Gasteiger partial charge in [-0.15, -0.1) is 0 Å². The van der Waals surface area contributed by atoms with Crippen molar-refractivity contribution in [1.29, 1.82) is 0 Å². The van der Waals surface area contributed by atoms with Crippen LogP contribution in [0.4, 0.5) is 4.39 Å². The summed E-state index contributed by atoms with van der Waals surface area (Å²) in [5, 5.41) is 2.60. The molecule has 1 heterocycles. The molecule has 0 bridgehead atoms. The molecule has 0 aliphatic heterocycles. The molecule has 3 aromatic rings. The molecule has 132 valence electrons. The molecule has 1 atom stereocenters. The van der Waals surface area contributed by atoms with Crippen LogP contribution < -0.4 is 5.32 Å². The molecular weight excluding hydrogens is 337 g/mol. The highest BCUT2D eigenvalue weighted by atomic mass is 19.1. The third-order valence-electron chi connectivity index (χ3n) is 3.81. The van der Waals surface area contributed by atoms with E-state index in [2.05, 4.69) is 15.3 Å². The Morgan fingerprint density at radius 3 is 2.50 bits per heavy atom. The predicted octanol–water partition coefficient (Wildman–Crippen LogP) is 2.28. The first kappa shape index (κ1) is 17.5. The monoisotopic (exact) mass is 353 g/mol. The molecule has 7 heteroatoms. The van der Waals surface area contributed by atoms with Crippen molar-refractivity contribution in [2.75, 3.05) is 7.11 Å². The molecule has 0 saturated carbocycles. The van der Waals surface area contributed by atoms with E-state index in [4.69, 9.17) is 4.74 Å². The lowest BCUT2D eigenvalue weighted by molar-refractivity contribution is -0.142. The van der Waals surface area contributed by atoms with Gasteiger partial charge in [0.15, 0.2) is 0 Å². The lowest BCUT2D eigenvalue weighted by Gasteiger charge is -2.16. The van der Waals surface area contributed by atoms with Crippen LogP contribution in [0.2, 0.25) is 0 Å². The zero-order chi connectivity index (χ0) is 18.5. The number of esters is 1. The second-order valence-electron chi connectivity index (χ2n) is 5.61. The first-order chi connectivity index (χ1) is 12.6. The van der Waals surface area contributed by atoms with Gasteiger partial charge in [-0.2, -0.15) is 0 Å². The Hall–Kier alpha value is -3.35. The molecule has 0 spiro atoms. The number of para-hydroxylation sites is 2. The molecule has 1 amide bonds. The Balaban J connectivity index is 1.79. The number of nitrogens with zero attached hydrogens (tertiary/aromatic N) is 2. The number of fused-ring (bicyclic) bond motifs is 1. The number of hydrogen-bond acceptors (Lipinski definition) is 5. The van der Waals surface area contributed by atoms with E-state index in [0.29, 0.717) is 11.2 Å². The predicted molar refractivity (Wildman–Crippen MR) is 92.9 cm³/mol. The summed E-state index contributed by atoms with van der Waals surface area (Å²) in [7, 11) is 1.24. The summed E-state index contributed by atoms with van der Waals surface area (Å²) in [6, 6.07) is 11.5. The topological polar surface area (TPSA) is 81.2 Å². The van der Waals surface area contributed by atoms with Gasteiger partial charge >= 0.3 is 5.97 Å². The standard InChI is InChI=1S/C19H16FN3O3/c1-26-19(25)17(23-18(24)12-6-8-13(20)9-7-12)10-14-11-21-15-4-2-3-5-16(15)22-14/h2-9,11,17H,10H2,1H3,(H,23,24)/t17-/m0/s1. The number of halogens is 1. The Labute approximate surface area is 149 Å². The van der Waals surface area contributed by atoms with Crippen LogP contribution in [0.15, 0.2) is 54.7 Å². The molecule has 1 aromatic heterocycles. The van der Waals surface area contributed by atoms with Gasteiger partial charge in [0.05, 0.1) is 23.8 Å². The van der Waals surface area contributed by atoms with Crippen molar-refractivity contribution in [2.24, 2.45) is 0 Å². The molecule has 1 N–H and O–H groups in total. The van der Waals surface area contributed by atoms with Crippen LogP contribution in [0.3, 0.4) is 0 Å². The molecular formula is C19H16FN3O3. The smallest absolute Gasteiger partial charge is 0.328 e. The average Bonchev–Trinajstić information content (AvgIpc) is 2.67. The van der Waals surface area contributed by atoms with E-state index in [-0.39, 0.29) is 12.0 Å².